The summed E-state index contributed by atoms with van der Waals surface area (Å²) in [4.78, 5) is 19.6. The van der Waals surface area contributed by atoms with E-state index in [1.807, 2.05) is 6.26 Å². The van der Waals surface area contributed by atoms with E-state index in [9.17, 15) is 4.79 Å². The molecule has 2 rings (SSSR count). The number of esters is 1. The number of hydrogen-bond donors (Lipinski definition) is 0. The molecule has 0 spiro atoms. The Bertz CT molecular complexity index is 525. The van der Waals surface area contributed by atoms with Crippen molar-refractivity contribution in [2.45, 2.75) is 12.1 Å². The molecule has 0 aromatic carbocycles. The van der Waals surface area contributed by atoms with Crippen molar-refractivity contribution in [1.82, 2.24) is 19.6 Å². The Morgan fingerprint density at radius 1 is 1.56 bits per heavy atom. The van der Waals surface area contributed by atoms with Crippen LogP contribution in [0, 0.1) is 0 Å². The van der Waals surface area contributed by atoms with Crippen molar-refractivity contribution in [2.75, 3.05) is 12.9 Å². The van der Waals surface area contributed by atoms with Gasteiger partial charge in [0, 0.05) is 0 Å². The average molecular weight is 238 g/mol. The van der Waals surface area contributed by atoms with E-state index in [1.165, 1.54) is 28.8 Å². The molecule has 0 fully saturated rings. The lowest BCUT2D eigenvalue weighted by Crippen LogP contribution is -2.05. The third-order valence-electron chi connectivity index (χ3n) is 1.95. The molecule has 0 radical (unpaired) electrons. The average Bonchev–Trinajstić information content (AvgIpc) is 2.72. The molecular weight excluding hydrogens is 228 g/mol. The lowest BCUT2D eigenvalue weighted by molar-refractivity contribution is 0.0528. The van der Waals surface area contributed by atoms with Crippen LogP contribution in [0.2, 0.25) is 0 Å². The quantitative estimate of drug-likeness (QED) is 0.587. The number of fused-ring (bicyclic) bond motifs is 1. The minimum Gasteiger partial charge on any atom is -0.462 e. The first-order valence-corrected chi connectivity index (χ1v) is 5.90. The summed E-state index contributed by atoms with van der Waals surface area (Å²) in [7, 11) is 0. The first-order valence-electron chi connectivity index (χ1n) is 4.67. The van der Waals surface area contributed by atoms with Gasteiger partial charge in [0.15, 0.2) is 10.8 Å². The molecule has 0 aliphatic carbocycles. The van der Waals surface area contributed by atoms with Gasteiger partial charge in [0.2, 0.25) is 0 Å². The second-order valence-corrected chi connectivity index (χ2v) is 3.65. The number of ether oxygens (including phenoxy) is 1. The maximum Gasteiger partial charge on any atom is 0.343 e. The van der Waals surface area contributed by atoms with Crippen molar-refractivity contribution in [3.63, 3.8) is 0 Å². The molecule has 2 aromatic heterocycles. The van der Waals surface area contributed by atoms with E-state index >= 15 is 0 Å². The fraction of sp³-hybridized carbons (Fsp3) is 0.333. The summed E-state index contributed by atoms with van der Waals surface area (Å²) >= 11 is 1.43. The second-order valence-electron chi connectivity index (χ2n) is 2.87. The third kappa shape index (κ3) is 1.73. The summed E-state index contributed by atoms with van der Waals surface area (Å²) < 4.78 is 6.43. The van der Waals surface area contributed by atoms with Gasteiger partial charge in [0.1, 0.15) is 11.9 Å². The molecule has 0 aliphatic heterocycles. The van der Waals surface area contributed by atoms with Gasteiger partial charge in [-0.1, -0.05) is 11.8 Å². The van der Waals surface area contributed by atoms with Crippen molar-refractivity contribution in [3.8, 4) is 0 Å². The number of carbonyl (C=O) groups is 1. The highest BCUT2D eigenvalue weighted by Gasteiger charge is 2.16. The van der Waals surface area contributed by atoms with E-state index in [4.69, 9.17) is 4.74 Å². The molecule has 0 saturated carbocycles. The van der Waals surface area contributed by atoms with Crippen molar-refractivity contribution in [2.24, 2.45) is 0 Å². The molecule has 0 aliphatic rings. The first kappa shape index (κ1) is 10.9. The van der Waals surface area contributed by atoms with Gasteiger partial charge in [-0.15, -0.1) is 0 Å². The van der Waals surface area contributed by atoms with E-state index in [1.54, 1.807) is 6.92 Å². The SMILES string of the molecule is CCOC(=O)c1cnn2c(SC)ncnc12. The normalized spacial score (nSPS) is 10.6. The monoisotopic (exact) mass is 238 g/mol. The molecule has 0 unspecified atom stereocenters. The third-order valence-corrected chi connectivity index (χ3v) is 2.59. The Morgan fingerprint density at radius 2 is 2.38 bits per heavy atom. The van der Waals surface area contributed by atoms with Crippen LogP contribution in [0.25, 0.3) is 5.65 Å². The number of nitrogens with zero attached hydrogens (tertiary/aromatic N) is 4. The minimum atomic E-state index is -0.414. The Hall–Kier alpha value is -1.63. The van der Waals surface area contributed by atoms with Crippen LogP contribution in [0.3, 0.4) is 0 Å². The van der Waals surface area contributed by atoms with Gasteiger partial charge < -0.3 is 4.74 Å². The topological polar surface area (TPSA) is 69.4 Å². The molecule has 0 atom stereocenters. The van der Waals surface area contributed by atoms with Crippen LogP contribution in [-0.4, -0.2) is 38.4 Å². The Kier molecular flexibility index (Phi) is 3.04. The van der Waals surface area contributed by atoms with E-state index < -0.39 is 5.97 Å². The molecule has 84 valence electrons. The van der Waals surface area contributed by atoms with Gasteiger partial charge in [-0.05, 0) is 13.2 Å². The second kappa shape index (κ2) is 4.48. The lowest BCUT2D eigenvalue weighted by Gasteiger charge is -2.00. The summed E-state index contributed by atoms with van der Waals surface area (Å²) in [6, 6.07) is 0. The van der Waals surface area contributed by atoms with Gasteiger partial charge in [-0.2, -0.15) is 9.61 Å². The summed E-state index contributed by atoms with van der Waals surface area (Å²) in [6.07, 6.45) is 4.74. The van der Waals surface area contributed by atoms with Crippen molar-refractivity contribution in [3.05, 3.63) is 18.1 Å². The van der Waals surface area contributed by atoms with E-state index in [2.05, 4.69) is 15.1 Å². The van der Waals surface area contributed by atoms with E-state index in [0.717, 1.165) is 0 Å². The first-order chi connectivity index (χ1) is 7.77. The highest BCUT2D eigenvalue weighted by Crippen LogP contribution is 2.15. The number of rotatable bonds is 3. The molecule has 0 saturated heterocycles. The molecule has 7 heteroatoms. The van der Waals surface area contributed by atoms with Crippen LogP contribution < -0.4 is 0 Å². The van der Waals surface area contributed by atoms with Crippen LogP contribution in [0.5, 0.6) is 0 Å². The van der Waals surface area contributed by atoms with Gasteiger partial charge >= 0.3 is 5.97 Å². The maximum absolute atomic E-state index is 11.6. The molecule has 2 aromatic rings. The molecule has 0 amide bonds. The number of hydrogen-bond acceptors (Lipinski definition) is 6. The zero-order valence-corrected chi connectivity index (χ0v) is 9.69. The largest absolute Gasteiger partial charge is 0.462 e. The van der Waals surface area contributed by atoms with E-state index in [0.29, 0.717) is 23.0 Å². The minimum absolute atomic E-state index is 0.330. The summed E-state index contributed by atoms with van der Waals surface area (Å²) in [5, 5.41) is 4.74. The fourth-order valence-electron chi connectivity index (χ4n) is 1.29. The van der Waals surface area contributed by atoms with Crippen molar-refractivity contribution in [1.29, 1.82) is 0 Å². The Balaban J connectivity index is 2.53. The van der Waals surface area contributed by atoms with Crippen molar-refractivity contribution < 1.29 is 9.53 Å². The van der Waals surface area contributed by atoms with Crippen LogP contribution >= 0.6 is 11.8 Å². The zero-order valence-electron chi connectivity index (χ0n) is 8.88. The van der Waals surface area contributed by atoms with Crippen LogP contribution in [0.4, 0.5) is 0 Å². The summed E-state index contributed by atoms with van der Waals surface area (Å²) in [5.41, 5.74) is 0.831. The smallest absolute Gasteiger partial charge is 0.343 e. The van der Waals surface area contributed by atoms with Gasteiger partial charge in [0.25, 0.3) is 0 Å². The standard InChI is InChI=1S/C9H10N4O2S/c1-3-15-8(14)6-4-12-13-7(6)10-5-11-9(13)16-2/h4-5H,3H2,1-2H3. The van der Waals surface area contributed by atoms with Crippen LogP contribution in [0.1, 0.15) is 17.3 Å². The Morgan fingerprint density at radius 3 is 3.06 bits per heavy atom. The van der Waals surface area contributed by atoms with E-state index in [-0.39, 0.29) is 0 Å². The summed E-state index contributed by atoms with van der Waals surface area (Å²) in [5.74, 6) is -0.414. The van der Waals surface area contributed by atoms with Crippen molar-refractivity contribution >= 4 is 23.4 Å². The molecule has 6 nitrogen and oxygen atoms in total. The number of aromatic nitrogens is 4. The summed E-state index contributed by atoms with van der Waals surface area (Å²) in [6.45, 7) is 2.09. The number of carbonyl (C=O) groups excluding carboxylic acids is 1. The predicted octanol–water partition coefficient (Wildman–Crippen LogP) is 1.02. The number of thioether (sulfide) groups is 1. The van der Waals surface area contributed by atoms with Gasteiger partial charge in [-0.25, -0.2) is 14.8 Å². The molecule has 2 heterocycles. The van der Waals surface area contributed by atoms with Crippen LogP contribution in [0.15, 0.2) is 17.7 Å². The van der Waals surface area contributed by atoms with Gasteiger partial charge in [-0.3, -0.25) is 0 Å². The van der Waals surface area contributed by atoms with Crippen LogP contribution in [-0.2, 0) is 4.74 Å². The Labute approximate surface area is 96.0 Å². The maximum atomic E-state index is 11.6. The highest BCUT2D eigenvalue weighted by atomic mass is 32.2. The predicted molar refractivity (Wildman–Crippen MR) is 58.5 cm³/mol. The fourth-order valence-corrected chi connectivity index (χ4v) is 1.74. The molecular formula is C9H10N4O2S. The molecule has 16 heavy (non-hydrogen) atoms. The zero-order chi connectivity index (χ0) is 11.5. The molecule has 0 N–H and O–H groups in total. The lowest BCUT2D eigenvalue weighted by atomic mass is 10.3. The molecule has 0 bridgehead atoms. The highest BCUT2D eigenvalue weighted by molar-refractivity contribution is 7.98. The van der Waals surface area contributed by atoms with Gasteiger partial charge in [0.05, 0.1) is 12.8 Å².